The number of hydrogen-bond donors (Lipinski definition) is 1. The van der Waals surface area contributed by atoms with Crippen LogP contribution in [0.5, 0.6) is 5.75 Å². The Kier molecular flexibility index (Phi) is 4.68. The summed E-state index contributed by atoms with van der Waals surface area (Å²) in [6.07, 6.45) is 3.01. The molecule has 0 aliphatic carbocycles. The molecule has 1 heterocycles. The van der Waals surface area contributed by atoms with Crippen LogP contribution < -0.4 is 10.1 Å². The normalized spacial score (nSPS) is 10.9. The summed E-state index contributed by atoms with van der Waals surface area (Å²) in [6, 6.07) is 8.88. The largest absolute Gasteiger partial charge is 0.418 e. The lowest BCUT2D eigenvalue weighted by Crippen LogP contribution is -2.16. The third-order valence-electron chi connectivity index (χ3n) is 2.44. The second kappa shape index (κ2) is 6.68. The number of hydrogen-bond acceptors (Lipinski definition) is 4. The highest BCUT2D eigenvalue weighted by molar-refractivity contribution is 7.14. The average Bonchev–Trinajstić information content (AvgIpc) is 2.88. The van der Waals surface area contributed by atoms with Crippen molar-refractivity contribution in [3.05, 3.63) is 60.1 Å². The fraction of sp³-hybridized carbons (Fsp3) is 0.0667. The van der Waals surface area contributed by atoms with Gasteiger partial charge in [0, 0.05) is 5.38 Å². The Labute approximate surface area is 121 Å². The zero-order valence-electron chi connectivity index (χ0n) is 11.0. The molecule has 0 bridgehead atoms. The number of aromatic nitrogens is 1. The van der Waals surface area contributed by atoms with Gasteiger partial charge in [-0.15, -0.1) is 11.3 Å². The van der Waals surface area contributed by atoms with E-state index in [9.17, 15) is 4.79 Å². The molecule has 1 amide bonds. The quantitative estimate of drug-likeness (QED) is 0.850. The molecule has 2 rings (SSSR count). The molecule has 0 atom stereocenters. The number of allylic oxidation sites excluding steroid dienone is 3. The molecule has 1 N–H and O–H groups in total. The lowest BCUT2D eigenvalue weighted by Gasteiger charge is -2.03. The number of rotatable bonds is 4. The summed E-state index contributed by atoms with van der Waals surface area (Å²) in [7, 11) is 0. The molecule has 1 aromatic heterocycles. The second-order valence-corrected chi connectivity index (χ2v) is 4.81. The standard InChI is InChI=1S/C15H14N2O2S/c1-3-7-11(2)13-10-20-14(16-13)17-15(18)19-12-8-5-4-6-9-12/h3-10H,1H2,2H3,(H,16,17,18)/b11-7+. The summed E-state index contributed by atoms with van der Waals surface area (Å²) in [5.74, 6) is 0.490. The molecule has 1 aromatic carbocycles. The summed E-state index contributed by atoms with van der Waals surface area (Å²) in [5.41, 5.74) is 1.80. The number of para-hydroxylation sites is 1. The van der Waals surface area contributed by atoms with Gasteiger partial charge in [0.15, 0.2) is 5.13 Å². The highest BCUT2D eigenvalue weighted by Gasteiger charge is 2.09. The van der Waals surface area contributed by atoms with Gasteiger partial charge in [-0.3, -0.25) is 5.32 Å². The number of carbonyl (C=O) groups is 1. The van der Waals surface area contributed by atoms with Crippen LogP contribution in [0, 0.1) is 0 Å². The van der Waals surface area contributed by atoms with Gasteiger partial charge in [-0.1, -0.05) is 36.9 Å². The SMILES string of the molecule is C=C/C=C(\C)c1csc(NC(=O)Oc2ccccc2)n1. The van der Waals surface area contributed by atoms with E-state index in [2.05, 4.69) is 16.9 Å². The third-order valence-corrected chi connectivity index (χ3v) is 3.20. The van der Waals surface area contributed by atoms with Gasteiger partial charge in [-0.25, -0.2) is 9.78 Å². The third kappa shape index (κ3) is 3.80. The molecule has 2 aromatic rings. The van der Waals surface area contributed by atoms with Gasteiger partial charge in [-0.2, -0.15) is 0 Å². The van der Waals surface area contributed by atoms with Gasteiger partial charge in [-0.05, 0) is 24.6 Å². The molecule has 5 heteroatoms. The summed E-state index contributed by atoms with van der Waals surface area (Å²) in [5, 5.41) is 4.97. The van der Waals surface area contributed by atoms with Crippen LogP contribution in [0.3, 0.4) is 0 Å². The van der Waals surface area contributed by atoms with E-state index in [4.69, 9.17) is 4.74 Å². The summed E-state index contributed by atoms with van der Waals surface area (Å²) in [6.45, 7) is 5.57. The van der Waals surface area contributed by atoms with Crippen LogP contribution in [0.25, 0.3) is 5.57 Å². The maximum absolute atomic E-state index is 11.7. The van der Waals surface area contributed by atoms with E-state index >= 15 is 0 Å². The molecule has 102 valence electrons. The number of anilines is 1. The van der Waals surface area contributed by atoms with Crippen molar-refractivity contribution in [2.75, 3.05) is 5.32 Å². The molecule has 0 unspecified atom stereocenters. The first kappa shape index (κ1) is 14.0. The monoisotopic (exact) mass is 286 g/mol. The molecule has 20 heavy (non-hydrogen) atoms. The van der Waals surface area contributed by atoms with Gasteiger partial charge in [0.1, 0.15) is 5.75 Å². The van der Waals surface area contributed by atoms with E-state index in [1.165, 1.54) is 11.3 Å². The Balaban J connectivity index is 1.98. The molecular formula is C15H14N2O2S. The first-order chi connectivity index (χ1) is 9.69. The van der Waals surface area contributed by atoms with Crippen molar-refractivity contribution in [3.8, 4) is 5.75 Å². The minimum atomic E-state index is -0.553. The van der Waals surface area contributed by atoms with Crippen molar-refractivity contribution in [2.24, 2.45) is 0 Å². The van der Waals surface area contributed by atoms with E-state index in [1.54, 1.807) is 30.3 Å². The van der Waals surface area contributed by atoms with E-state index in [0.717, 1.165) is 11.3 Å². The van der Waals surface area contributed by atoms with Crippen LogP contribution in [-0.4, -0.2) is 11.1 Å². The van der Waals surface area contributed by atoms with Gasteiger partial charge in [0.25, 0.3) is 0 Å². The topological polar surface area (TPSA) is 51.2 Å². The van der Waals surface area contributed by atoms with Crippen molar-refractivity contribution >= 4 is 28.1 Å². The van der Waals surface area contributed by atoms with E-state index in [0.29, 0.717) is 10.9 Å². The van der Waals surface area contributed by atoms with Crippen molar-refractivity contribution in [1.29, 1.82) is 0 Å². The predicted molar refractivity (Wildman–Crippen MR) is 82.1 cm³/mol. The lowest BCUT2D eigenvalue weighted by atomic mass is 10.2. The molecule has 0 radical (unpaired) electrons. The van der Waals surface area contributed by atoms with E-state index in [1.807, 2.05) is 24.4 Å². The Morgan fingerprint density at radius 3 is 2.85 bits per heavy atom. The molecule has 0 spiro atoms. The number of carbonyl (C=O) groups excluding carboxylic acids is 1. The maximum Gasteiger partial charge on any atom is 0.418 e. The van der Waals surface area contributed by atoms with E-state index < -0.39 is 6.09 Å². The molecular weight excluding hydrogens is 272 g/mol. The van der Waals surface area contributed by atoms with Crippen LogP contribution >= 0.6 is 11.3 Å². The number of nitrogens with one attached hydrogen (secondary N) is 1. The molecule has 0 aliphatic heterocycles. The van der Waals surface area contributed by atoms with Crippen LogP contribution in [0.1, 0.15) is 12.6 Å². The summed E-state index contributed by atoms with van der Waals surface area (Å²) < 4.78 is 5.12. The van der Waals surface area contributed by atoms with Crippen LogP contribution in [0.15, 0.2) is 54.4 Å². The first-order valence-corrected chi connectivity index (χ1v) is 6.86. The van der Waals surface area contributed by atoms with Crippen molar-refractivity contribution in [1.82, 2.24) is 4.98 Å². The summed E-state index contributed by atoms with van der Waals surface area (Å²) in [4.78, 5) is 16.0. The number of benzene rings is 1. The van der Waals surface area contributed by atoms with Crippen LogP contribution in [0.4, 0.5) is 9.93 Å². The van der Waals surface area contributed by atoms with Gasteiger partial charge in [0.2, 0.25) is 0 Å². The molecule has 4 nitrogen and oxygen atoms in total. The number of amides is 1. The molecule has 0 saturated carbocycles. The average molecular weight is 286 g/mol. The molecule has 0 saturated heterocycles. The van der Waals surface area contributed by atoms with Crippen molar-refractivity contribution in [2.45, 2.75) is 6.92 Å². The smallest absolute Gasteiger partial charge is 0.410 e. The molecule has 0 aliphatic rings. The minimum Gasteiger partial charge on any atom is -0.410 e. The van der Waals surface area contributed by atoms with Crippen molar-refractivity contribution in [3.63, 3.8) is 0 Å². The minimum absolute atomic E-state index is 0.490. The second-order valence-electron chi connectivity index (χ2n) is 3.95. The van der Waals surface area contributed by atoms with Gasteiger partial charge < -0.3 is 4.74 Å². The highest BCUT2D eigenvalue weighted by atomic mass is 32.1. The fourth-order valence-corrected chi connectivity index (χ4v) is 2.24. The Morgan fingerprint density at radius 2 is 2.15 bits per heavy atom. The van der Waals surface area contributed by atoms with Crippen LogP contribution in [0.2, 0.25) is 0 Å². The Morgan fingerprint density at radius 1 is 1.40 bits per heavy atom. The van der Waals surface area contributed by atoms with Crippen molar-refractivity contribution < 1.29 is 9.53 Å². The summed E-state index contributed by atoms with van der Waals surface area (Å²) >= 11 is 1.34. The highest BCUT2D eigenvalue weighted by Crippen LogP contribution is 2.21. The first-order valence-electron chi connectivity index (χ1n) is 5.98. The predicted octanol–water partition coefficient (Wildman–Crippen LogP) is 4.34. The van der Waals surface area contributed by atoms with Crippen LogP contribution in [-0.2, 0) is 0 Å². The van der Waals surface area contributed by atoms with E-state index in [-0.39, 0.29) is 0 Å². The number of thiazole rings is 1. The number of nitrogens with zero attached hydrogens (tertiary/aromatic N) is 1. The van der Waals surface area contributed by atoms with Gasteiger partial charge >= 0.3 is 6.09 Å². The zero-order chi connectivity index (χ0) is 14.4. The Bertz CT molecular complexity index is 632. The molecule has 0 fully saturated rings. The lowest BCUT2D eigenvalue weighted by molar-refractivity contribution is 0.215. The fourth-order valence-electron chi connectivity index (χ4n) is 1.48. The number of ether oxygens (including phenoxy) is 1. The van der Waals surface area contributed by atoms with Gasteiger partial charge in [0.05, 0.1) is 5.69 Å². The maximum atomic E-state index is 11.7. The Hall–Kier alpha value is -2.40. The zero-order valence-corrected chi connectivity index (χ0v) is 11.8.